The molecule has 1 N–H and O–H groups in total. The first kappa shape index (κ1) is 18.7. The normalized spacial score (nSPS) is 12.8. The van der Waals surface area contributed by atoms with Crippen LogP contribution in [-0.4, -0.2) is 37.5 Å². The van der Waals surface area contributed by atoms with Crippen LogP contribution in [0.2, 0.25) is 5.02 Å². The first-order valence-electron chi connectivity index (χ1n) is 8.18. The zero-order valence-electron chi connectivity index (χ0n) is 14.5. The second-order valence-corrected chi connectivity index (χ2v) is 6.34. The average molecular weight is 389 g/mol. The molecule has 0 aromatic heterocycles. The maximum Gasteiger partial charge on any atom is 0.344 e. The molecular formula is C19H17ClN2O5. The Morgan fingerprint density at radius 3 is 2.74 bits per heavy atom. The quantitative estimate of drug-likeness (QED) is 0.796. The van der Waals surface area contributed by atoms with E-state index >= 15 is 0 Å². The molecule has 1 heterocycles. The number of fused-ring (bicyclic) bond motifs is 1. The number of rotatable bonds is 5. The first-order chi connectivity index (χ1) is 12.9. The van der Waals surface area contributed by atoms with Crippen molar-refractivity contribution in [1.82, 2.24) is 0 Å². The van der Waals surface area contributed by atoms with E-state index < -0.39 is 18.5 Å². The highest BCUT2D eigenvalue weighted by Crippen LogP contribution is 2.28. The summed E-state index contributed by atoms with van der Waals surface area (Å²) in [4.78, 5) is 37.3. The highest BCUT2D eigenvalue weighted by molar-refractivity contribution is 6.30. The van der Waals surface area contributed by atoms with Gasteiger partial charge in [0, 0.05) is 5.02 Å². The summed E-state index contributed by atoms with van der Waals surface area (Å²) >= 11 is 5.87. The smallest absolute Gasteiger partial charge is 0.344 e. The number of nitrogens with one attached hydrogen (secondary N) is 1. The van der Waals surface area contributed by atoms with E-state index in [1.54, 1.807) is 49.4 Å². The highest BCUT2D eigenvalue weighted by Gasteiger charge is 2.27. The van der Waals surface area contributed by atoms with Gasteiger partial charge in [0.2, 0.25) is 5.91 Å². The minimum Gasteiger partial charge on any atom is -0.482 e. The van der Waals surface area contributed by atoms with Gasteiger partial charge in [-0.25, -0.2) is 4.79 Å². The van der Waals surface area contributed by atoms with Crippen LogP contribution in [0.4, 0.5) is 11.4 Å². The van der Waals surface area contributed by atoms with Crippen LogP contribution in [0.15, 0.2) is 42.5 Å². The molecule has 0 bridgehead atoms. The summed E-state index contributed by atoms with van der Waals surface area (Å²) in [6.45, 7) is 0.846. The van der Waals surface area contributed by atoms with Gasteiger partial charge in [0.05, 0.1) is 11.4 Å². The van der Waals surface area contributed by atoms with Crippen molar-refractivity contribution in [3.8, 4) is 5.75 Å². The number of nitrogens with zero attached hydrogens (tertiary/aromatic N) is 1. The molecule has 0 atom stereocenters. The Labute approximate surface area is 160 Å². The number of anilines is 2. The van der Waals surface area contributed by atoms with Crippen molar-refractivity contribution in [1.29, 1.82) is 0 Å². The van der Waals surface area contributed by atoms with Gasteiger partial charge in [-0.05, 0) is 42.8 Å². The molecule has 27 heavy (non-hydrogen) atoms. The molecule has 2 aromatic carbocycles. The number of carbonyl (C=O) groups is 3. The van der Waals surface area contributed by atoms with Crippen LogP contribution < -0.4 is 15.0 Å². The molecule has 8 heteroatoms. The van der Waals surface area contributed by atoms with Gasteiger partial charge in [0.25, 0.3) is 5.91 Å². The van der Waals surface area contributed by atoms with Crippen LogP contribution >= 0.6 is 11.6 Å². The zero-order chi connectivity index (χ0) is 19.4. The van der Waals surface area contributed by atoms with Gasteiger partial charge in [-0.3, -0.25) is 14.5 Å². The standard InChI is InChI=1S/C19H17ClN2O5/c1-12-8-13(20)6-7-16(12)26-11-19(25)27-10-18(24)22-9-17(23)21-14-4-2-3-5-15(14)22/h2-8H,9-11H2,1H3,(H,21,23). The van der Waals surface area contributed by atoms with Crippen molar-refractivity contribution in [3.63, 3.8) is 0 Å². The molecule has 3 rings (SSSR count). The largest absolute Gasteiger partial charge is 0.482 e. The molecule has 0 unspecified atom stereocenters. The molecule has 0 saturated heterocycles. The number of carbonyl (C=O) groups excluding carboxylic acids is 3. The number of halogens is 1. The zero-order valence-corrected chi connectivity index (χ0v) is 15.3. The summed E-state index contributed by atoms with van der Waals surface area (Å²) in [5.41, 5.74) is 1.88. The van der Waals surface area contributed by atoms with Crippen LogP contribution in [0.1, 0.15) is 5.56 Å². The average Bonchev–Trinajstić information content (AvgIpc) is 2.64. The number of hydrogen-bond donors (Lipinski definition) is 1. The van der Waals surface area contributed by atoms with Gasteiger partial charge in [-0.15, -0.1) is 0 Å². The predicted octanol–water partition coefficient (Wildman–Crippen LogP) is 2.56. The summed E-state index contributed by atoms with van der Waals surface area (Å²) in [6, 6.07) is 11.9. The lowest BCUT2D eigenvalue weighted by molar-refractivity contribution is -0.149. The fourth-order valence-corrected chi connectivity index (χ4v) is 2.86. The lowest BCUT2D eigenvalue weighted by Crippen LogP contribution is -2.44. The third kappa shape index (κ3) is 4.57. The second kappa shape index (κ2) is 8.09. The summed E-state index contributed by atoms with van der Waals surface area (Å²) in [5, 5.41) is 3.26. The maximum absolute atomic E-state index is 12.4. The Balaban J connectivity index is 1.54. The molecule has 1 aliphatic rings. The van der Waals surface area contributed by atoms with Crippen LogP contribution in [0, 0.1) is 6.92 Å². The number of esters is 1. The molecule has 140 valence electrons. The monoisotopic (exact) mass is 388 g/mol. The van der Waals surface area contributed by atoms with E-state index in [1.807, 2.05) is 0 Å². The maximum atomic E-state index is 12.4. The Bertz CT molecular complexity index is 899. The van der Waals surface area contributed by atoms with Crippen molar-refractivity contribution >= 4 is 40.8 Å². The molecule has 0 spiro atoms. The summed E-state index contributed by atoms with van der Waals surface area (Å²) in [6.07, 6.45) is 0. The van der Waals surface area contributed by atoms with Crippen molar-refractivity contribution in [3.05, 3.63) is 53.1 Å². The van der Waals surface area contributed by atoms with Gasteiger partial charge in [0.1, 0.15) is 12.3 Å². The second-order valence-electron chi connectivity index (χ2n) is 5.90. The fourth-order valence-electron chi connectivity index (χ4n) is 2.63. The van der Waals surface area contributed by atoms with Gasteiger partial charge in [0.15, 0.2) is 13.2 Å². The molecule has 1 aliphatic heterocycles. The summed E-state index contributed by atoms with van der Waals surface area (Å²) in [7, 11) is 0. The van der Waals surface area contributed by atoms with E-state index in [9.17, 15) is 14.4 Å². The van der Waals surface area contributed by atoms with Gasteiger partial charge in [-0.2, -0.15) is 0 Å². The van der Waals surface area contributed by atoms with Gasteiger partial charge >= 0.3 is 5.97 Å². The van der Waals surface area contributed by atoms with E-state index in [0.29, 0.717) is 22.1 Å². The number of amides is 2. The van der Waals surface area contributed by atoms with E-state index in [2.05, 4.69) is 5.32 Å². The number of para-hydroxylation sites is 2. The lowest BCUT2D eigenvalue weighted by Gasteiger charge is -2.28. The van der Waals surface area contributed by atoms with Gasteiger partial charge < -0.3 is 14.8 Å². The molecule has 2 amide bonds. The van der Waals surface area contributed by atoms with Crippen molar-refractivity contribution in [2.24, 2.45) is 0 Å². The van der Waals surface area contributed by atoms with Crippen molar-refractivity contribution < 1.29 is 23.9 Å². The number of hydrogen-bond acceptors (Lipinski definition) is 5. The molecule has 0 fully saturated rings. The van der Waals surface area contributed by atoms with Crippen molar-refractivity contribution in [2.75, 3.05) is 30.0 Å². The number of benzene rings is 2. The molecule has 7 nitrogen and oxygen atoms in total. The molecule has 0 saturated carbocycles. The number of aryl methyl sites for hydroxylation is 1. The predicted molar refractivity (Wildman–Crippen MR) is 100 cm³/mol. The Morgan fingerprint density at radius 2 is 1.96 bits per heavy atom. The van der Waals surface area contributed by atoms with Crippen LogP contribution in [0.25, 0.3) is 0 Å². The molecular weight excluding hydrogens is 372 g/mol. The third-order valence-corrected chi connectivity index (χ3v) is 4.15. The lowest BCUT2D eigenvalue weighted by atomic mass is 10.2. The molecule has 0 radical (unpaired) electrons. The first-order valence-corrected chi connectivity index (χ1v) is 8.55. The third-order valence-electron chi connectivity index (χ3n) is 3.91. The van der Waals surface area contributed by atoms with Crippen molar-refractivity contribution in [2.45, 2.75) is 6.92 Å². The molecule has 2 aromatic rings. The number of ether oxygens (including phenoxy) is 2. The van der Waals surface area contributed by atoms with Crippen LogP contribution in [0.3, 0.4) is 0 Å². The highest BCUT2D eigenvalue weighted by atomic mass is 35.5. The van der Waals surface area contributed by atoms with Crippen LogP contribution in [0.5, 0.6) is 5.75 Å². The summed E-state index contributed by atoms with van der Waals surface area (Å²) < 4.78 is 10.4. The topological polar surface area (TPSA) is 84.9 Å². The Morgan fingerprint density at radius 1 is 1.19 bits per heavy atom. The summed E-state index contributed by atoms with van der Waals surface area (Å²) in [5.74, 6) is -0.986. The Kier molecular flexibility index (Phi) is 5.61. The minimum absolute atomic E-state index is 0.131. The van der Waals surface area contributed by atoms with E-state index in [0.717, 1.165) is 5.56 Å². The van der Waals surface area contributed by atoms with E-state index in [1.165, 1.54) is 4.90 Å². The van der Waals surface area contributed by atoms with Gasteiger partial charge in [-0.1, -0.05) is 23.7 Å². The fraction of sp³-hybridized carbons (Fsp3) is 0.211. The van der Waals surface area contributed by atoms with E-state index in [-0.39, 0.29) is 19.1 Å². The van der Waals surface area contributed by atoms with Crippen LogP contribution in [-0.2, 0) is 19.1 Å². The SMILES string of the molecule is Cc1cc(Cl)ccc1OCC(=O)OCC(=O)N1CC(=O)Nc2ccccc21. The Hall–Kier alpha value is -3.06. The molecule has 0 aliphatic carbocycles. The minimum atomic E-state index is -0.688. The van der Waals surface area contributed by atoms with E-state index in [4.69, 9.17) is 21.1 Å².